The highest BCUT2D eigenvalue weighted by atomic mass is 19.1. The molecule has 0 radical (unpaired) electrons. The number of carbonyl (C=O) groups is 2. The van der Waals surface area contributed by atoms with Gasteiger partial charge in [0, 0.05) is 6.54 Å². The van der Waals surface area contributed by atoms with Gasteiger partial charge in [-0.05, 0) is 55.9 Å². The summed E-state index contributed by atoms with van der Waals surface area (Å²) in [5.74, 6) is -1.47. The number of aromatic carboxylic acids is 1. The number of hydrogen-bond acceptors (Lipinski definition) is 3. The van der Waals surface area contributed by atoms with E-state index in [0.717, 1.165) is 11.1 Å². The van der Waals surface area contributed by atoms with Crippen LogP contribution in [0, 0.1) is 5.82 Å². The molecular weight excluding hydrogens is 323 g/mol. The molecule has 0 aliphatic rings. The second-order valence-electron chi connectivity index (χ2n) is 5.96. The van der Waals surface area contributed by atoms with Crippen LogP contribution < -0.4 is 5.32 Å². The Hall–Kier alpha value is -2.73. The van der Waals surface area contributed by atoms with Crippen LogP contribution in [-0.4, -0.2) is 42.5 Å². The SMILES string of the molecule is CN(C)[C@@H](C(=O)NCCc1ccc(C(=O)O)cc1)c1ccc(F)cc1. The van der Waals surface area contributed by atoms with Gasteiger partial charge in [0.2, 0.25) is 5.91 Å². The number of halogens is 1. The molecule has 0 spiro atoms. The average Bonchev–Trinajstić information content (AvgIpc) is 2.57. The molecule has 2 aromatic carbocycles. The van der Waals surface area contributed by atoms with Crippen LogP contribution in [0.2, 0.25) is 0 Å². The van der Waals surface area contributed by atoms with Crippen molar-refractivity contribution in [3.8, 4) is 0 Å². The maximum Gasteiger partial charge on any atom is 0.335 e. The van der Waals surface area contributed by atoms with E-state index in [-0.39, 0.29) is 17.3 Å². The molecule has 5 nitrogen and oxygen atoms in total. The van der Waals surface area contributed by atoms with Gasteiger partial charge in [0.05, 0.1) is 5.56 Å². The number of amides is 1. The molecule has 0 aliphatic heterocycles. The molecule has 0 heterocycles. The lowest BCUT2D eigenvalue weighted by atomic mass is 10.0. The van der Waals surface area contributed by atoms with Crippen molar-refractivity contribution in [3.05, 3.63) is 71.0 Å². The van der Waals surface area contributed by atoms with Crippen LogP contribution in [0.25, 0.3) is 0 Å². The van der Waals surface area contributed by atoms with Crippen LogP contribution in [0.3, 0.4) is 0 Å². The van der Waals surface area contributed by atoms with Gasteiger partial charge in [0.15, 0.2) is 0 Å². The number of carboxylic acids is 1. The van der Waals surface area contributed by atoms with Gasteiger partial charge < -0.3 is 10.4 Å². The maximum atomic E-state index is 13.1. The Morgan fingerprint density at radius 3 is 2.20 bits per heavy atom. The zero-order valence-corrected chi connectivity index (χ0v) is 14.2. The van der Waals surface area contributed by atoms with Crippen LogP contribution in [0.4, 0.5) is 4.39 Å². The number of hydrogen-bond donors (Lipinski definition) is 2. The first kappa shape index (κ1) is 18.6. The Bertz CT molecular complexity index is 727. The summed E-state index contributed by atoms with van der Waals surface area (Å²) in [5, 5.41) is 11.8. The van der Waals surface area contributed by atoms with E-state index in [2.05, 4.69) is 5.32 Å². The number of carbonyl (C=O) groups excluding carboxylic acids is 1. The smallest absolute Gasteiger partial charge is 0.335 e. The minimum absolute atomic E-state index is 0.168. The van der Waals surface area contributed by atoms with Gasteiger partial charge in [0.1, 0.15) is 11.9 Å². The van der Waals surface area contributed by atoms with Gasteiger partial charge >= 0.3 is 5.97 Å². The molecule has 1 amide bonds. The van der Waals surface area contributed by atoms with Crippen LogP contribution >= 0.6 is 0 Å². The molecule has 1 atom stereocenters. The number of rotatable bonds is 7. The second kappa shape index (κ2) is 8.39. The van der Waals surface area contributed by atoms with Crippen molar-refractivity contribution < 1.29 is 19.1 Å². The molecule has 0 bridgehead atoms. The summed E-state index contributed by atoms with van der Waals surface area (Å²) in [6.07, 6.45) is 0.592. The Morgan fingerprint density at radius 2 is 1.68 bits per heavy atom. The largest absolute Gasteiger partial charge is 0.478 e. The minimum atomic E-state index is -0.965. The lowest BCUT2D eigenvalue weighted by molar-refractivity contribution is -0.125. The monoisotopic (exact) mass is 344 g/mol. The van der Waals surface area contributed by atoms with Gasteiger partial charge in [-0.2, -0.15) is 0 Å². The molecule has 0 unspecified atom stereocenters. The topological polar surface area (TPSA) is 69.6 Å². The quantitative estimate of drug-likeness (QED) is 0.810. The molecule has 2 N–H and O–H groups in total. The van der Waals surface area contributed by atoms with Gasteiger partial charge in [0.25, 0.3) is 0 Å². The summed E-state index contributed by atoms with van der Waals surface area (Å²) in [4.78, 5) is 25.1. The molecule has 0 fully saturated rings. The molecule has 2 rings (SSSR count). The fourth-order valence-corrected chi connectivity index (χ4v) is 2.57. The third-order valence-electron chi connectivity index (χ3n) is 3.86. The summed E-state index contributed by atoms with van der Waals surface area (Å²) in [6, 6.07) is 11.9. The normalized spacial score (nSPS) is 12.0. The van der Waals surface area contributed by atoms with Gasteiger partial charge in [-0.25, -0.2) is 9.18 Å². The number of nitrogens with zero attached hydrogens (tertiary/aromatic N) is 1. The molecule has 2 aromatic rings. The van der Waals surface area contributed by atoms with E-state index < -0.39 is 12.0 Å². The Kier molecular flexibility index (Phi) is 6.25. The second-order valence-corrected chi connectivity index (χ2v) is 5.96. The minimum Gasteiger partial charge on any atom is -0.478 e. The number of nitrogens with one attached hydrogen (secondary N) is 1. The first-order valence-corrected chi connectivity index (χ1v) is 7.90. The van der Waals surface area contributed by atoms with Crippen molar-refractivity contribution in [1.29, 1.82) is 0 Å². The van der Waals surface area contributed by atoms with E-state index in [1.807, 2.05) is 0 Å². The highest BCUT2D eigenvalue weighted by Gasteiger charge is 2.22. The van der Waals surface area contributed by atoms with Crippen molar-refractivity contribution in [2.24, 2.45) is 0 Å². The lowest BCUT2D eigenvalue weighted by Gasteiger charge is -2.24. The predicted octanol–water partition coefficient (Wildman–Crippen LogP) is 2.49. The molecule has 0 saturated heterocycles. The van der Waals surface area contributed by atoms with Crippen LogP contribution in [0.5, 0.6) is 0 Å². The summed E-state index contributed by atoms with van der Waals surface area (Å²) in [5.41, 5.74) is 1.89. The molecular formula is C19H21FN2O3. The average molecular weight is 344 g/mol. The van der Waals surface area contributed by atoms with E-state index in [1.165, 1.54) is 12.1 Å². The Morgan fingerprint density at radius 1 is 1.08 bits per heavy atom. The molecule has 132 valence electrons. The molecule has 0 aliphatic carbocycles. The van der Waals surface area contributed by atoms with Gasteiger partial charge in [-0.3, -0.25) is 9.69 Å². The number of likely N-dealkylation sites (N-methyl/N-ethyl adjacent to an activating group) is 1. The first-order chi connectivity index (χ1) is 11.9. The fourth-order valence-electron chi connectivity index (χ4n) is 2.57. The number of carboxylic acid groups (broad SMARTS) is 1. The van der Waals surface area contributed by atoms with Gasteiger partial charge in [-0.1, -0.05) is 24.3 Å². The number of benzene rings is 2. The third-order valence-corrected chi connectivity index (χ3v) is 3.86. The van der Waals surface area contributed by atoms with E-state index in [1.54, 1.807) is 55.4 Å². The first-order valence-electron chi connectivity index (χ1n) is 7.90. The van der Waals surface area contributed by atoms with E-state index >= 15 is 0 Å². The van der Waals surface area contributed by atoms with Crippen molar-refractivity contribution in [1.82, 2.24) is 10.2 Å². The lowest BCUT2D eigenvalue weighted by Crippen LogP contribution is -2.37. The van der Waals surface area contributed by atoms with Gasteiger partial charge in [-0.15, -0.1) is 0 Å². The van der Waals surface area contributed by atoms with Crippen LogP contribution in [0.1, 0.15) is 27.5 Å². The summed E-state index contributed by atoms with van der Waals surface area (Å²) in [6.45, 7) is 0.427. The van der Waals surface area contributed by atoms with Crippen molar-refractivity contribution >= 4 is 11.9 Å². The summed E-state index contributed by atoms with van der Waals surface area (Å²) >= 11 is 0. The van der Waals surface area contributed by atoms with E-state index in [9.17, 15) is 14.0 Å². The standard InChI is InChI=1S/C19H21FN2O3/c1-22(2)17(14-7-9-16(20)10-8-14)18(23)21-12-11-13-3-5-15(6-4-13)19(24)25/h3-10,17H,11-12H2,1-2H3,(H,21,23)(H,24,25)/t17-/m1/s1. The molecule has 0 aromatic heterocycles. The van der Waals surface area contributed by atoms with Crippen LogP contribution in [-0.2, 0) is 11.2 Å². The molecule has 0 saturated carbocycles. The zero-order chi connectivity index (χ0) is 18.4. The van der Waals surface area contributed by atoms with E-state index in [0.29, 0.717) is 13.0 Å². The Balaban J connectivity index is 1.95. The van der Waals surface area contributed by atoms with Crippen molar-refractivity contribution in [2.75, 3.05) is 20.6 Å². The van der Waals surface area contributed by atoms with Crippen LogP contribution in [0.15, 0.2) is 48.5 Å². The summed E-state index contributed by atoms with van der Waals surface area (Å²) in [7, 11) is 3.58. The highest BCUT2D eigenvalue weighted by molar-refractivity contribution is 5.87. The summed E-state index contributed by atoms with van der Waals surface area (Å²) < 4.78 is 13.1. The zero-order valence-electron chi connectivity index (χ0n) is 14.2. The van der Waals surface area contributed by atoms with Crippen molar-refractivity contribution in [2.45, 2.75) is 12.5 Å². The van der Waals surface area contributed by atoms with Crippen molar-refractivity contribution in [3.63, 3.8) is 0 Å². The fraction of sp³-hybridized carbons (Fsp3) is 0.263. The molecule has 6 heteroatoms. The van der Waals surface area contributed by atoms with E-state index in [4.69, 9.17) is 5.11 Å². The predicted molar refractivity (Wildman–Crippen MR) is 92.9 cm³/mol. The Labute approximate surface area is 146 Å². The third kappa shape index (κ3) is 5.12. The highest BCUT2D eigenvalue weighted by Crippen LogP contribution is 2.18. The maximum absolute atomic E-state index is 13.1. The molecule has 25 heavy (non-hydrogen) atoms.